The third-order valence-electron chi connectivity index (χ3n) is 2.44. The van der Waals surface area contributed by atoms with Crippen LogP contribution in [0.15, 0.2) is 18.2 Å². The second-order valence-electron chi connectivity index (χ2n) is 4.09. The average Bonchev–Trinajstić information content (AvgIpc) is 2.22. The van der Waals surface area contributed by atoms with Gasteiger partial charge in [-0.3, -0.25) is 4.72 Å². The fourth-order valence-electron chi connectivity index (χ4n) is 1.53. The van der Waals surface area contributed by atoms with Gasteiger partial charge in [0.25, 0.3) is 0 Å². The molecule has 0 bridgehead atoms. The first-order valence-electron chi connectivity index (χ1n) is 5.73. The minimum Gasteiger partial charge on any atom is -0.316 e. The van der Waals surface area contributed by atoms with Gasteiger partial charge >= 0.3 is 0 Å². The molecule has 0 aromatic heterocycles. The van der Waals surface area contributed by atoms with Crippen molar-refractivity contribution in [1.29, 1.82) is 0 Å². The van der Waals surface area contributed by atoms with Crippen LogP contribution in [0.5, 0.6) is 0 Å². The maximum Gasteiger partial charge on any atom is 0.233 e. The Morgan fingerprint density at radius 3 is 2.53 bits per heavy atom. The van der Waals surface area contributed by atoms with Crippen molar-refractivity contribution < 1.29 is 8.42 Å². The Hall–Kier alpha value is -1.07. The first-order valence-corrected chi connectivity index (χ1v) is 7.38. The molecule has 4 nitrogen and oxygen atoms in total. The Morgan fingerprint density at radius 1 is 1.24 bits per heavy atom. The first kappa shape index (κ1) is 14.0. The van der Waals surface area contributed by atoms with Crippen molar-refractivity contribution in [2.24, 2.45) is 0 Å². The molecule has 0 aliphatic rings. The Bertz CT molecular complexity index is 469. The second kappa shape index (κ2) is 6.02. The summed E-state index contributed by atoms with van der Waals surface area (Å²) in [4.78, 5) is 0. The van der Waals surface area contributed by atoms with E-state index >= 15 is 0 Å². The lowest BCUT2D eigenvalue weighted by atomic mass is 10.1. The number of benzene rings is 1. The highest BCUT2D eigenvalue weighted by Crippen LogP contribution is 2.17. The molecule has 2 N–H and O–H groups in total. The van der Waals surface area contributed by atoms with E-state index in [1.807, 2.05) is 32.9 Å². The predicted molar refractivity (Wildman–Crippen MR) is 71.9 cm³/mol. The van der Waals surface area contributed by atoms with Crippen LogP contribution in [0.4, 0.5) is 5.69 Å². The molecule has 0 amide bonds. The maximum absolute atomic E-state index is 11.8. The third kappa shape index (κ3) is 4.75. The fourth-order valence-corrected chi connectivity index (χ4v) is 2.61. The summed E-state index contributed by atoms with van der Waals surface area (Å²) in [6, 6.07) is 5.66. The van der Waals surface area contributed by atoms with E-state index in [2.05, 4.69) is 10.0 Å². The summed E-state index contributed by atoms with van der Waals surface area (Å²) in [5.41, 5.74) is 2.72. The minimum absolute atomic E-state index is 0.0914. The van der Waals surface area contributed by atoms with Crippen molar-refractivity contribution >= 4 is 15.7 Å². The maximum atomic E-state index is 11.8. The van der Waals surface area contributed by atoms with Gasteiger partial charge in [-0.1, -0.05) is 24.6 Å². The summed E-state index contributed by atoms with van der Waals surface area (Å²) in [6.45, 7) is 7.07. The smallest absolute Gasteiger partial charge is 0.233 e. The molecule has 1 aromatic carbocycles. The van der Waals surface area contributed by atoms with E-state index in [-0.39, 0.29) is 5.75 Å². The van der Waals surface area contributed by atoms with E-state index < -0.39 is 10.0 Å². The number of anilines is 1. The number of rotatable bonds is 6. The monoisotopic (exact) mass is 256 g/mol. The van der Waals surface area contributed by atoms with Crippen LogP contribution in [0.3, 0.4) is 0 Å². The lowest BCUT2D eigenvalue weighted by Gasteiger charge is -2.11. The third-order valence-corrected chi connectivity index (χ3v) is 3.72. The number of nitrogens with one attached hydrogen (secondary N) is 2. The van der Waals surface area contributed by atoms with Gasteiger partial charge in [-0.15, -0.1) is 0 Å². The van der Waals surface area contributed by atoms with Gasteiger partial charge in [0.1, 0.15) is 0 Å². The predicted octanol–water partition coefficient (Wildman–Crippen LogP) is 1.65. The molecule has 17 heavy (non-hydrogen) atoms. The molecule has 0 spiro atoms. The van der Waals surface area contributed by atoms with Crippen LogP contribution in [-0.2, 0) is 10.0 Å². The van der Waals surface area contributed by atoms with Crippen LogP contribution in [-0.4, -0.2) is 27.3 Å². The molecule has 0 atom stereocenters. The van der Waals surface area contributed by atoms with Gasteiger partial charge in [0.2, 0.25) is 10.0 Å². The molecule has 1 rings (SSSR count). The molecule has 96 valence electrons. The van der Waals surface area contributed by atoms with Crippen molar-refractivity contribution in [3.05, 3.63) is 29.3 Å². The standard InChI is InChI=1S/C12H20N2O2S/c1-4-13-7-8-17(15,16)14-12-6-5-10(2)9-11(12)3/h5-6,9,13-14H,4,7-8H2,1-3H3. The van der Waals surface area contributed by atoms with Gasteiger partial charge in [0.05, 0.1) is 11.4 Å². The Balaban J connectivity index is 2.69. The summed E-state index contributed by atoms with van der Waals surface area (Å²) in [5, 5.41) is 2.99. The van der Waals surface area contributed by atoms with Crippen molar-refractivity contribution in [2.75, 3.05) is 23.6 Å². The topological polar surface area (TPSA) is 58.2 Å². The van der Waals surface area contributed by atoms with Gasteiger partial charge in [0, 0.05) is 6.54 Å². The molecule has 1 aromatic rings. The molecule has 0 unspecified atom stereocenters. The molecule has 0 aliphatic carbocycles. The van der Waals surface area contributed by atoms with Gasteiger partial charge < -0.3 is 5.32 Å². The SMILES string of the molecule is CCNCCS(=O)(=O)Nc1ccc(C)cc1C. The second-order valence-corrected chi connectivity index (χ2v) is 5.93. The van der Waals surface area contributed by atoms with Gasteiger partial charge in [-0.05, 0) is 32.0 Å². The van der Waals surface area contributed by atoms with Crippen LogP contribution in [0.25, 0.3) is 0 Å². The molecule has 0 radical (unpaired) electrons. The van der Waals surface area contributed by atoms with E-state index in [1.165, 1.54) is 0 Å². The summed E-state index contributed by atoms with van der Waals surface area (Å²) in [6.07, 6.45) is 0. The number of hydrogen-bond donors (Lipinski definition) is 2. The van der Waals surface area contributed by atoms with Crippen molar-refractivity contribution in [3.8, 4) is 0 Å². The van der Waals surface area contributed by atoms with E-state index in [1.54, 1.807) is 6.07 Å². The normalized spacial score (nSPS) is 11.5. The Kier molecular flexibility index (Phi) is 4.96. The van der Waals surface area contributed by atoms with E-state index in [0.29, 0.717) is 12.2 Å². The summed E-state index contributed by atoms with van der Waals surface area (Å²) >= 11 is 0. The quantitative estimate of drug-likeness (QED) is 0.761. The van der Waals surface area contributed by atoms with E-state index in [0.717, 1.165) is 17.7 Å². The molecule has 0 saturated heterocycles. The zero-order valence-corrected chi connectivity index (χ0v) is 11.4. The van der Waals surface area contributed by atoms with Crippen LogP contribution in [0.1, 0.15) is 18.1 Å². The van der Waals surface area contributed by atoms with Crippen molar-refractivity contribution in [3.63, 3.8) is 0 Å². The fraction of sp³-hybridized carbons (Fsp3) is 0.500. The molecule has 0 saturated carbocycles. The summed E-state index contributed by atoms with van der Waals surface area (Å²) in [5.74, 6) is 0.0914. The van der Waals surface area contributed by atoms with Gasteiger partial charge in [-0.25, -0.2) is 8.42 Å². The summed E-state index contributed by atoms with van der Waals surface area (Å²) < 4.78 is 26.1. The van der Waals surface area contributed by atoms with Crippen LogP contribution in [0, 0.1) is 13.8 Å². The van der Waals surface area contributed by atoms with Crippen LogP contribution in [0.2, 0.25) is 0 Å². The highest BCUT2D eigenvalue weighted by Gasteiger charge is 2.10. The number of sulfonamides is 1. The molecule has 0 aliphatic heterocycles. The van der Waals surface area contributed by atoms with Gasteiger partial charge in [0.15, 0.2) is 0 Å². The lowest BCUT2D eigenvalue weighted by Crippen LogP contribution is -2.26. The summed E-state index contributed by atoms with van der Waals surface area (Å²) in [7, 11) is -3.25. The van der Waals surface area contributed by atoms with E-state index in [4.69, 9.17) is 0 Å². The van der Waals surface area contributed by atoms with Gasteiger partial charge in [-0.2, -0.15) is 0 Å². The Morgan fingerprint density at radius 2 is 1.94 bits per heavy atom. The molecular weight excluding hydrogens is 236 g/mol. The van der Waals surface area contributed by atoms with Crippen LogP contribution >= 0.6 is 0 Å². The molecule has 0 heterocycles. The number of aryl methyl sites for hydroxylation is 2. The van der Waals surface area contributed by atoms with Crippen LogP contribution < -0.4 is 10.0 Å². The molecule has 0 fully saturated rings. The zero-order chi connectivity index (χ0) is 12.9. The van der Waals surface area contributed by atoms with Crippen molar-refractivity contribution in [2.45, 2.75) is 20.8 Å². The van der Waals surface area contributed by atoms with E-state index in [9.17, 15) is 8.42 Å². The zero-order valence-electron chi connectivity index (χ0n) is 10.6. The largest absolute Gasteiger partial charge is 0.316 e. The highest BCUT2D eigenvalue weighted by atomic mass is 32.2. The number of hydrogen-bond acceptors (Lipinski definition) is 3. The minimum atomic E-state index is -3.25. The Labute approximate surface area is 103 Å². The van der Waals surface area contributed by atoms with Crippen molar-refractivity contribution in [1.82, 2.24) is 5.32 Å². The molecular formula is C12H20N2O2S. The first-order chi connectivity index (χ1) is 7.94. The molecule has 5 heteroatoms. The lowest BCUT2D eigenvalue weighted by molar-refractivity contribution is 0.597. The highest BCUT2D eigenvalue weighted by molar-refractivity contribution is 7.92. The average molecular weight is 256 g/mol.